The number of aryl methyl sites for hydroxylation is 1. The molecule has 0 aliphatic carbocycles. The standard InChI is InChI=1S/C28H30N2O5/c1-30(2)28(33)21-10-8-20(9-11-21)24-16-23(13-12-22(24)17-31)29-27(32)6-4-3-5-19-7-14-25-26(15-19)35-18-34-25/h7-16,31H,3-6,17-18H2,1-2H3,(H,29,32). The second kappa shape index (κ2) is 11.1. The third kappa shape index (κ3) is 6.00. The van der Waals surface area contributed by atoms with Crippen molar-refractivity contribution in [2.24, 2.45) is 0 Å². The lowest BCUT2D eigenvalue weighted by atomic mass is 9.98. The minimum Gasteiger partial charge on any atom is -0.454 e. The van der Waals surface area contributed by atoms with E-state index in [1.54, 1.807) is 32.3 Å². The van der Waals surface area contributed by atoms with Crippen LogP contribution in [-0.4, -0.2) is 42.7 Å². The number of carbonyl (C=O) groups excluding carboxylic acids is 2. The summed E-state index contributed by atoms with van der Waals surface area (Å²) in [5, 5.41) is 12.8. The zero-order valence-electron chi connectivity index (χ0n) is 20.0. The molecule has 3 aromatic rings. The second-order valence-electron chi connectivity index (χ2n) is 8.75. The summed E-state index contributed by atoms with van der Waals surface area (Å²) in [7, 11) is 3.42. The maximum Gasteiger partial charge on any atom is 0.253 e. The highest BCUT2D eigenvalue weighted by molar-refractivity contribution is 5.95. The molecule has 0 unspecified atom stereocenters. The summed E-state index contributed by atoms with van der Waals surface area (Å²) < 4.78 is 10.8. The fourth-order valence-electron chi connectivity index (χ4n) is 4.05. The smallest absolute Gasteiger partial charge is 0.253 e. The summed E-state index contributed by atoms with van der Waals surface area (Å²) >= 11 is 0. The van der Waals surface area contributed by atoms with Gasteiger partial charge in [0.25, 0.3) is 5.91 Å². The Labute approximate surface area is 205 Å². The van der Waals surface area contributed by atoms with E-state index in [1.807, 2.05) is 42.5 Å². The quantitative estimate of drug-likeness (QED) is 0.442. The van der Waals surface area contributed by atoms with Crippen LogP contribution in [-0.2, 0) is 17.8 Å². The predicted octanol–water partition coefficient (Wildman–Crippen LogP) is 4.63. The Morgan fingerprint density at radius 2 is 1.71 bits per heavy atom. The van der Waals surface area contributed by atoms with E-state index in [4.69, 9.17) is 9.47 Å². The molecule has 2 N–H and O–H groups in total. The molecule has 4 rings (SSSR count). The number of aliphatic hydroxyl groups is 1. The number of amides is 2. The Hall–Kier alpha value is -3.84. The van der Waals surface area contributed by atoms with E-state index in [2.05, 4.69) is 5.32 Å². The number of benzene rings is 3. The molecule has 2 amide bonds. The van der Waals surface area contributed by atoms with Crippen molar-refractivity contribution >= 4 is 17.5 Å². The van der Waals surface area contributed by atoms with E-state index in [1.165, 1.54) is 4.90 Å². The van der Waals surface area contributed by atoms with Crippen LogP contribution in [0.5, 0.6) is 11.5 Å². The highest BCUT2D eigenvalue weighted by Crippen LogP contribution is 2.33. The van der Waals surface area contributed by atoms with E-state index < -0.39 is 0 Å². The fraction of sp³-hybridized carbons (Fsp3) is 0.286. The maximum absolute atomic E-state index is 12.5. The molecule has 1 aliphatic rings. The molecule has 0 saturated heterocycles. The fourth-order valence-corrected chi connectivity index (χ4v) is 4.05. The number of ether oxygens (including phenoxy) is 2. The predicted molar refractivity (Wildman–Crippen MR) is 135 cm³/mol. The summed E-state index contributed by atoms with van der Waals surface area (Å²) in [5.41, 5.74) is 4.86. The van der Waals surface area contributed by atoms with Crippen LogP contribution in [0.1, 0.15) is 40.7 Å². The molecule has 3 aromatic carbocycles. The van der Waals surface area contributed by atoms with Crippen molar-refractivity contribution in [3.8, 4) is 22.6 Å². The van der Waals surface area contributed by atoms with E-state index in [0.717, 1.165) is 53.0 Å². The molecule has 1 heterocycles. The first-order valence-electron chi connectivity index (χ1n) is 11.7. The van der Waals surface area contributed by atoms with E-state index in [-0.39, 0.29) is 25.2 Å². The molecular formula is C28H30N2O5. The van der Waals surface area contributed by atoms with Crippen LogP contribution in [0.2, 0.25) is 0 Å². The van der Waals surface area contributed by atoms with Crippen LogP contribution in [0.15, 0.2) is 60.7 Å². The maximum atomic E-state index is 12.5. The van der Waals surface area contributed by atoms with Gasteiger partial charge in [0.2, 0.25) is 12.7 Å². The number of aliphatic hydroxyl groups excluding tert-OH is 1. The zero-order valence-corrected chi connectivity index (χ0v) is 20.0. The Morgan fingerprint density at radius 3 is 2.46 bits per heavy atom. The SMILES string of the molecule is CN(C)C(=O)c1ccc(-c2cc(NC(=O)CCCCc3ccc4c(c3)OCO4)ccc2CO)cc1. The number of nitrogens with one attached hydrogen (secondary N) is 1. The summed E-state index contributed by atoms with van der Waals surface area (Å²) in [4.78, 5) is 26.2. The normalized spacial score (nSPS) is 11.9. The van der Waals surface area contributed by atoms with Crippen LogP contribution in [0.25, 0.3) is 11.1 Å². The third-order valence-corrected chi connectivity index (χ3v) is 5.97. The molecule has 0 spiro atoms. The van der Waals surface area contributed by atoms with Gasteiger partial charge >= 0.3 is 0 Å². The Morgan fingerprint density at radius 1 is 0.943 bits per heavy atom. The Kier molecular flexibility index (Phi) is 7.67. The van der Waals surface area contributed by atoms with Crippen LogP contribution >= 0.6 is 0 Å². The first-order chi connectivity index (χ1) is 16.9. The zero-order chi connectivity index (χ0) is 24.8. The molecule has 35 heavy (non-hydrogen) atoms. The first-order valence-corrected chi connectivity index (χ1v) is 11.7. The molecule has 7 heteroatoms. The van der Waals surface area contributed by atoms with Crippen molar-refractivity contribution in [2.75, 3.05) is 26.2 Å². The van der Waals surface area contributed by atoms with Crippen LogP contribution < -0.4 is 14.8 Å². The van der Waals surface area contributed by atoms with Crippen LogP contribution in [0.3, 0.4) is 0 Å². The molecule has 0 bridgehead atoms. The number of nitrogens with zero attached hydrogens (tertiary/aromatic N) is 1. The van der Waals surface area contributed by atoms with Gasteiger partial charge in [0.15, 0.2) is 11.5 Å². The van der Waals surface area contributed by atoms with E-state index in [0.29, 0.717) is 17.7 Å². The second-order valence-corrected chi connectivity index (χ2v) is 8.75. The highest BCUT2D eigenvalue weighted by Gasteiger charge is 2.14. The monoisotopic (exact) mass is 474 g/mol. The molecule has 0 aromatic heterocycles. The van der Waals surface area contributed by atoms with Crippen molar-refractivity contribution in [1.29, 1.82) is 0 Å². The van der Waals surface area contributed by atoms with Gasteiger partial charge in [-0.1, -0.05) is 24.3 Å². The topological polar surface area (TPSA) is 88.1 Å². The van der Waals surface area contributed by atoms with Crippen molar-refractivity contribution < 1.29 is 24.2 Å². The van der Waals surface area contributed by atoms with Crippen molar-refractivity contribution in [2.45, 2.75) is 32.3 Å². The molecule has 7 nitrogen and oxygen atoms in total. The molecular weight excluding hydrogens is 444 g/mol. The van der Waals surface area contributed by atoms with Gasteiger partial charge in [0, 0.05) is 31.8 Å². The number of hydrogen-bond donors (Lipinski definition) is 2. The molecule has 1 aliphatic heterocycles. The van der Waals surface area contributed by atoms with E-state index in [9.17, 15) is 14.7 Å². The summed E-state index contributed by atoms with van der Waals surface area (Å²) in [6.07, 6.45) is 2.94. The van der Waals surface area contributed by atoms with Crippen LogP contribution in [0, 0.1) is 0 Å². The minimum absolute atomic E-state index is 0.0506. The number of fused-ring (bicyclic) bond motifs is 1. The van der Waals surface area contributed by atoms with Gasteiger partial charge in [-0.3, -0.25) is 9.59 Å². The number of anilines is 1. The number of carbonyl (C=O) groups is 2. The largest absolute Gasteiger partial charge is 0.454 e. The van der Waals surface area contributed by atoms with Crippen LogP contribution in [0.4, 0.5) is 5.69 Å². The van der Waals surface area contributed by atoms with Gasteiger partial charge in [-0.05, 0) is 77.9 Å². The average Bonchev–Trinajstić information content (AvgIpc) is 3.34. The lowest BCUT2D eigenvalue weighted by molar-refractivity contribution is -0.116. The highest BCUT2D eigenvalue weighted by atomic mass is 16.7. The molecule has 0 fully saturated rings. The Bertz CT molecular complexity index is 1200. The summed E-state index contributed by atoms with van der Waals surface area (Å²) in [6.45, 7) is 0.142. The first kappa shape index (κ1) is 24.3. The van der Waals surface area contributed by atoms with Gasteiger partial charge in [-0.15, -0.1) is 0 Å². The summed E-state index contributed by atoms with van der Waals surface area (Å²) in [5.74, 6) is 1.43. The molecule has 0 saturated carbocycles. The summed E-state index contributed by atoms with van der Waals surface area (Å²) in [6, 6.07) is 18.7. The van der Waals surface area contributed by atoms with Gasteiger partial charge in [-0.2, -0.15) is 0 Å². The lowest BCUT2D eigenvalue weighted by Gasteiger charge is -2.13. The van der Waals surface area contributed by atoms with Gasteiger partial charge in [0.05, 0.1) is 6.61 Å². The average molecular weight is 475 g/mol. The number of hydrogen-bond acceptors (Lipinski definition) is 5. The number of rotatable bonds is 9. The lowest BCUT2D eigenvalue weighted by Crippen LogP contribution is -2.21. The number of unbranched alkanes of at least 4 members (excludes halogenated alkanes) is 1. The molecule has 0 atom stereocenters. The van der Waals surface area contributed by atoms with Gasteiger partial charge in [0.1, 0.15) is 0 Å². The third-order valence-electron chi connectivity index (χ3n) is 5.97. The Balaban J connectivity index is 1.33. The van der Waals surface area contributed by atoms with Crippen molar-refractivity contribution in [3.63, 3.8) is 0 Å². The molecule has 182 valence electrons. The van der Waals surface area contributed by atoms with Crippen molar-refractivity contribution in [1.82, 2.24) is 4.90 Å². The van der Waals surface area contributed by atoms with Gasteiger partial charge < -0.3 is 24.8 Å². The molecule has 0 radical (unpaired) electrons. The van der Waals surface area contributed by atoms with Gasteiger partial charge in [-0.25, -0.2) is 0 Å². The van der Waals surface area contributed by atoms with E-state index >= 15 is 0 Å². The minimum atomic E-state index is -0.123. The van der Waals surface area contributed by atoms with Crippen molar-refractivity contribution in [3.05, 3.63) is 77.4 Å².